The molecule has 3 rings (SSSR count). The lowest BCUT2D eigenvalue weighted by atomic mass is 10.2. The van der Waals surface area contributed by atoms with E-state index in [1.165, 1.54) is 35.1 Å². The van der Waals surface area contributed by atoms with Gasteiger partial charge in [0.05, 0.1) is 11.9 Å². The van der Waals surface area contributed by atoms with Crippen LogP contribution in [0.1, 0.15) is 10.4 Å². The number of alkyl halides is 2. The number of hydrogen-bond acceptors (Lipinski definition) is 4. The summed E-state index contributed by atoms with van der Waals surface area (Å²) >= 11 is 5.83. The summed E-state index contributed by atoms with van der Waals surface area (Å²) in [6, 6.07) is 5.60. The Hall–Kier alpha value is -2.74. The topological polar surface area (TPSA) is 68.5 Å². The molecule has 0 fully saturated rings. The molecule has 6 nitrogen and oxygen atoms in total. The molecule has 118 valence electrons. The van der Waals surface area contributed by atoms with Gasteiger partial charge in [-0.1, -0.05) is 11.6 Å². The van der Waals surface area contributed by atoms with Crippen LogP contribution >= 0.6 is 11.6 Å². The van der Waals surface area contributed by atoms with E-state index in [1.54, 1.807) is 12.3 Å². The number of halogens is 3. The maximum atomic E-state index is 12.4. The Kier molecular flexibility index (Phi) is 4.07. The number of nitrogens with zero attached hydrogens (tertiary/aromatic N) is 3. The van der Waals surface area contributed by atoms with Crippen LogP contribution in [0, 0.1) is 0 Å². The first-order chi connectivity index (χ1) is 11.0. The maximum absolute atomic E-state index is 12.4. The van der Waals surface area contributed by atoms with Crippen LogP contribution in [0.25, 0.3) is 5.65 Å². The fraction of sp³-hybridized carbons (Fsp3) is 0.0714. The third-order valence-corrected chi connectivity index (χ3v) is 3.16. The summed E-state index contributed by atoms with van der Waals surface area (Å²) in [5.41, 5.74) is 0.551. The summed E-state index contributed by atoms with van der Waals surface area (Å²) in [5, 5.41) is 6.73. The van der Waals surface area contributed by atoms with Crippen LogP contribution in [0.3, 0.4) is 0 Å². The molecular formula is C14H9ClF2N4O2. The molecule has 1 aromatic carbocycles. The number of carbonyl (C=O) groups excluding carboxylic acids is 1. The number of aromatic nitrogens is 3. The zero-order valence-corrected chi connectivity index (χ0v) is 12.2. The first-order valence-electron chi connectivity index (χ1n) is 6.38. The molecular weight excluding hydrogens is 330 g/mol. The highest BCUT2D eigenvalue weighted by molar-refractivity contribution is 6.31. The molecule has 3 aromatic rings. The van der Waals surface area contributed by atoms with E-state index in [4.69, 9.17) is 11.6 Å². The summed E-state index contributed by atoms with van der Waals surface area (Å²) in [5.74, 6) is -0.762. The third-order valence-electron chi connectivity index (χ3n) is 2.93. The second-order valence-corrected chi connectivity index (χ2v) is 4.86. The zero-order valence-electron chi connectivity index (χ0n) is 11.4. The van der Waals surface area contributed by atoms with Gasteiger partial charge >= 0.3 is 6.61 Å². The summed E-state index contributed by atoms with van der Waals surface area (Å²) < 4.78 is 30.6. The molecule has 0 spiro atoms. The maximum Gasteiger partial charge on any atom is 0.387 e. The standard InChI is InChI=1S/C14H9ClF2N4O2/c15-8-2-3-11(23-14(16)17)10(6-8)20-13(22)9-7-19-21-5-1-4-18-12(9)21/h1-7,14H,(H,20,22). The van der Waals surface area contributed by atoms with Gasteiger partial charge in [0.25, 0.3) is 5.91 Å². The van der Waals surface area contributed by atoms with Gasteiger partial charge < -0.3 is 10.1 Å². The van der Waals surface area contributed by atoms with E-state index in [0.717, 1.165) is 0 Å². The molecule has 0 radical (unpaired) electrons. The van der Waals surface area contributed by atoms with Gasteiger partial charge in [0.1, 0.15) is 11.3 Å². The average Bonchev–Trinajstić information content (AvgIpc) is 2.93. The number of carbonyl (C=O) groups is 1. The molecule has 0 aliphatic heterocycles. The van der Waals surface area contributed by atoms with Gasteiger partial charge in [0, 0.05) is 17.4 Å². The molecule has 0 atom stereocenters. The Morgan fingerprint density at radius 2 is 2.22 bits per heavy atom. The Morgan fingerprint density at radius 1 is 1.39 bits per heavy atom. The minimum atomic E-state index is -3.02. The van der Waals surface area contributed by atoms with Crippen molar-refractivity contribution in [3.8, 4) is 5.75 Å². The fourth-order valence-corrected chi connectivity index (χ4v) is 2.15. The lowest BCUT2D eigenvalue weighted by Gasteiger charge is -2.11. The molecule has 1 amide bonds. The molecule has 2 heterocycles. The van der Waals surface area contributed by atoms with Gasteiger partial charge in [-0.3, -0.25) is 4.79 Å². The van der Waals surface area contributed by atoms with Crippen LogP contribution in [-0.2, 0) is 0 Å². The average molecular weight is 339 g/mol. The molecule has 0 unspecified atom stereocenters. The highest BCUT2D eigenvalue weighted by atomic mass is 35.5. The number of benzene rings is 1. The van der Waals surface area contributed by atoms with E-state index in [9.17, 15) is 13.6 Å². The van der Waals surface area contributed by atoms with E-state index >= 15 is 0 Å². The zero-order chi connectivity index (χ0) is 16.4. The van der Waals surface area contributed by atoms with Gasteiger partial charge in [-0.05, 0) is 24.3 Å². The first kappa shape index (κ1) is 15.2. The smallest absolute Gasteiger partial charge is 0.387 e. The van der Waals surface area contributed by atoms with E-state index in [2.05, 4.69) is 20.1 Å². The summed E-state index contributed by atoms with van der Waals surface area (Å²) in [4.78, 5) is 16.4. The van der Waals surface area contributed by atoms with Gasteiger partial charge in [0.2, 0.25) is 0 Å². The molecule has 0 aliphatic rings. The molecule has 0 bridgehead atoms. The predicted octanol–water partition coefficient (Wildman–Crippen LogP) is 3.24. The Labute approximate surface area is 133 Å². The second-order valence-electron chi connectivity index (χ2n) is 4.42. The minimum Gasteiger partial charge on any atom is -0.433 e. The molecule has 0 saturated heterocycles. The highest BCUT2D eigenvalue weighted by Gasteiger charge is 2.17. The number of hydrogen-bond donors (Lipinski definition) is 1. The Morgan fingerprint density at radius 3 is 3.00 bits per heavy atom. The van der Waals surface area contributed by atoms with Crippen molar-refractivity contribution in [1.82, 2.24) is 14.6 Å². The number of rotatable bonds is 4. The Bertz CT molecular complexity index is 869. The number of fused-ring (bicyclic) bond motifs is 1. The lowest BCUT2D eigenvalue weighted by Crippen LogP contribution is -2.14. The summed E-state index contributed by atoms with van der Waals surface area (Å²) in [6.07, 6.45) is 4.47. The van der Waals surface area contributed by atoms with E-state index in [0.29, 0.717) is 5.65 Å². The lowest BCUT2D eigenvalue weighted by molar-refractivity contribution is -0.0493. The summed E-state index contributed by atoms with van der Waals surface area (Å²) in [6.45, 7) is -3.02. The van der Waals surface area contributed by atoms with Crippen molar-refractivity contribution in [2.45, 2.75) is 6.61 Å². The molecule has 2 aromatic heterocycles. The largest absolute Gasteiger partial charge is 0.433 e. The van der Waals surface area contributed by atoms with Gasteiger partial charge in [-0.2, -0.15) is 13.9 Å². The number of nitrogens with one attached hydrogen (secondary N) is 1. The monoisotopic (exact) mass is 338 g/mol. The molecule has 1 N–H and O–H groups in total. The van der Waals surface area contributed by atoms with Crippen LogP contribution in [0.5, 0.6) is 5.75 Å². The van der Waals surface area contributed by atoms with E-state index in [1.807, 2.05) is 0 Å². The SMILES string of the molecule is O=C(Nc1cc(Cl)ccc1OC(F)F)c1cnn2cccnc12. The van der Waals surface area contributed by atoms with Crippen LogP contribution in [0.4, 0.5) is 14.5 Å². The molecule has 0 saturated carbocycles. The summed E-state index contributed by atoms with van der Waals surface area (Å²) in [7, 11) is 0. The van der Waals surface area contributed by atoms with Gasteiger partial charge in [-0.25, -0.2) is 9.50 Å². The number of anilines is 1. The molecule has 23 heavy (non-hydrogen) atoms. The minimum absolute atomic E-state index is 0.0260. The predicted molar refractivity (Wildman–Crippen MR) is 79.0 cm³/mol. The van der Waals surface area contributed by atoms with Gasteiger partial charge in [-0.15, -0.1) is 0 Å². The third kappa shape index (κ3) is 3.21. The second kappa shape index (κ2) is 6.17. The van der Waals surface area contributed by atoms with Crippen LogP contribution in [-0.4, -0.2) is 27.1 Å². The van der Waals surface area contributed by atoms with Crippen molar-refractivity contribution in [3.05, 3.63) is 53.4 Å². The fourth-order valence-electron chi connectivity index (χ4n) is 1.98. The van der Waals surface area contributed by atoms with Crippen molar-refractivity contribution in [2.75, 3.05) is 5.32 Å². The van der Waals surface area contributed by atoms with Gasteiger partial charge in [0.15, 0.2) is 5.65 Å². The van der Waals surface area contributed by atoms with Crippen molar-refractivity contribution in [1.29, 1.82) is 0 Å². The van der Waals surface area contributed by atoms with Crippen LogP contribution in [0.2, 0.25) is 5.02 Å². The van der Waals surface area contributed by atoms with Crippen LogP contribution < -0.4 is 10.1 Å². The van der Waals surface area contributed by atoms with Crippen molar-refractivity contribution in [2.24, 2.45) is 0 Å². The van der Waals surface area contributed by atoms with Crippen molar-refractivity contribution < 1.29 is 18.3 Å². The first-order valence-corrected chi connectivity index (χ1v) is 6.76. The van der Waals surface area contributed by atoms with E-state index < -0.39 is 12.5 Å². The quantitative estimate of drug-likeness (QED) is 0.793. The highest BCUT2D eigenvalue weighted by Crippen LogP contribution is 2.30. The number of amides is 1. The number of ether oxygens (including phenoxy) is 1. The van der Waals surface area contributed by atoms with E-state index in [-0.39, 0.29) is 22.0 Å². The molecule has 0 aliphatic carbocycles. The van der Waals surface area contributed by atoms with Crippen molar-refractivity contribution >= 4 is 28.8 Å². The Balaban J connectivity index is 1.92. The van der Waals surface area contributed by atoms with Crippen LogP contribution in [0.15, 0.2) is 42.9 Å². The van der Waals surface area contributed by atoms with Crippen molar-refractivity contribution in [3.63, 3.8) is 0 Å². The molecule has 9 heteroatoms. The normalized spacial score (nSPS) is 11.0.